The van der Waals surface area contributed by atoms with Crippen LogP contribution in [0, 0.1) is 5.92 Å². The van der Waals surface area contributed by atoms with Crippen molar-refractivity contribution in [3.05, 3.63) is 0 Å². The topological polar surface area (TPSA) is 64.3 Å². The van der Waals surface area contributed by atoms with Crippen LogP contribution in [0.5, 0.6) is 0 Å². The van der Waals surface area contributed by atoms with E-state index in [1.807, 2.05) is 0 Å². The quantitative estimate of drug-likeness (QED) is 0.581. The summed E-state index contributed by atoms with van der Waals surface area (Å²) in [6, 6.07) is 0.115. The van der Waals surface area contributed by atoms with E-state index in [2.05, 4.69) is 23.9 Å². The molecule has 13 heavy (non-hydrogen) atoms. The van der Waals surface area contributed by atoms with Crippen molar-refractivity contribution < 1.29 is 9.53 Å². The number of methoxy groups -OCH3 is 1. The first-order valence-electron chi connectivity index (χ1n) is 4.59. The van der Waals surface area contributed by atoms with Gasteiger partial charge in [-0.2, -0.15) is 0 Å². The van der Waals surface area contributed by atoms with Crippen molar-refractivity contribution >= 4 is 5.97 Å². The third-order valence-corrected chi connectivity index (χ3v) is 1.68. The molecule has 1 atom stereocenters. The van der Waals surface area contributed by atoms with Crippen LogP contribution in [0.15, 0.2) is 0 Å². The third kappa shape index (κ3) is 7.74. The second-order valence-electron chi connectivity index (χ2n) is 3.60. The largest absolute Gasteiger partial charge is 0.468 e. The summed E-state index contributed by atoms with van der Waals surface area (Å²) in [5.41, 5.74) is 5.79. The van der Waals surface area contributed by atoms with Crippen molar-refractivity contribution in [2.24, 2.45) is 11.7 Å². The molecule has 0 aliphatic heterocycles. The molecule has 0 fully saturated rings. The number of hydrogen-bond donors (Lipinski definition) is 2. The van der Waals surface area contributed by atoms with Crippen molar-refractivity contribution in [3.8, 4) is 0 Å². The molecule has 0 aromatic carbocycles. The highest BCUT2D eigenvalue weighted by atomic mass is 16.5. The predicted octanol–water partition coefficient (Wildman–Crippen LogP) is 0.122. The van der Waals surface area contributed by atoms with Crippen LogP contribution in [0.4, 0.5) is 0 Å². The highest BCUT2D eigenvalue weighted by Gasteiger charge is 2.06. The van der Waals surface area contributed by atoms with Crippen LogP contribution in [-0.2, 0) is 9.53 Å². The summed E-state index contributed by atoms with van der Waals surface area (Å²) in [5, 5.41) is 2.94. The summed E-state index contributed by atoms with van der Waals surface area (Å²) in [6.07, 6.45) is 0.966. The highest BCUT2D eigenvalue weighted by molar-refractivity contribution is 5.71. The van der Waals surface area contributed by atoms with Gasteiger partial charge in [0.15, 0.2) is 0 Å². The Morgan fingerprint density at radius 3 is 2.62 bits per heavy atom. The van der Waals surface area contributed by atoms with Gasteiger partial charge in [-0.15, -0.1) is 0 Å². The fraction of sp³-hybridized carbons (Fsp3) is 0.889. The van der Waals surface area contributed by atoms with Crippen molar-refractivity contribution in [3.63, 3.8) is 0 Å². The minimum atomic E-state index is -0.253. The van der Waals surface area contributed by atoms with Gasteiger partial charge < -0.3 is 15.8 Å². The Morgan fingerprint density at radius 1 is 1.54 bits per heavy atom. The molecule has 0 heterocycles. The lowest BCUT2D eigenvalue weighted by Crippen LogP contribution is -2.37. The Labute approximate surface area is 79.8 Å². The van der Waals surface area contributed by atoms with E-state index in [9.17, 15) is 4.79 Å². The molecule has 78 valence electrons. The monoisotopic (exact) mass is 188 g/mol. The van der Waals surface area contributed by atoms with Gasteiger partial charge >= 0.3 is 5.97 Å². The number of rotatable bonds is 6. The van der Waals surface area contributed by atoms with Crippen LogP contribution < -0.4 is 11.1 Å². The molecule has 4 heteroatoms. The first-order chi connectivity index (χ1) is 6.06. The van der Waals surface area contributed by atoms with E-state index in [1.165, 1.54) is 7.11 Å². The molecule has 4 nitrogen and oxygen atoms in total. The molecule has 0 saturated heterocycles. The summed E-state index contributed by atoms with van der Waals surface area (Å²) >= 11 is 0. The molecule has 0 aromatic heterocycles. The third-order valence-electron chi connectivity index (χ3n) is 1.68. The minimum Gasteiger partial charge on any atom is -0.468 e. The Kier molecular flexibility index (Phi) is 6.54. The SMILES string of the molecule is COC(=O)CNC[C@@H](N)CC(C)C. The zero-order chi connectivity index (χ0) is 10.3. The van der Waals surface area contributed by atoms with Crippen molar-refractivity contribution in [2.45, 2.75) is 26.3 Å². The number of nitrogens with one attached hydrogen (secondary N) is 1. The maximum atomic E-state index is 10.7. The lowest BCUT2D eigenvalue weighted by molar-refractivity contribution is -0.139. The van der Waals surface area contributed by atoms with Gasteiger partial charge in [-0.3, -0.25) is 4.79 Å². The van der Waals surface area contributed by atoms with E-state index in [-0.39, 0.29) is 18.6 Å². The van der Waals surface area contributed by atoms with Crippen LogP contribution in [0.25, 0.3) is 0 Å². The average molecular weight is 188 g/mol. The standard InChI is InChI=1S/C9H20N2O2/c1-7(2)4-8(10)5-11-6-9(12)13-3/h7-8,11H,4-6,10H2,1-3H3/t8-/m0/s1. The molecule has 0 radical (unpaired) electrons. The maximum Gasteiger partial charge on any atom is 0.319 e. The second-order valence-corrected chi connectivity index (χ2v) is 3.60. The van der Waals surface area contributed by atoms with Gasteiger partial charge in [-0.05, 0) is 12.3 Å². The smallest absolute Gasteiger partial charge is 0.319 e. The van der Waals surface area contributed by atoms with Gasteiger partial charge in [0.05, 0.1) is 13.7 Å². The van der Waals surface area contributed by atoms with E-state index in [0.29, 0.717) is 12.5 Å². The number of carbonyl (C=O) groups is 1. The summed E-state index contributed by atoms with van der Waals surface area (Å²) in [5.74, 6) is 0.340. The van der Waals surface area contributed by atoms with Gasteiger partial charge in [0.25, 0.3) is 0 Å². The first kappa shape index (κ1) is 12.4. The van der Waals surface area contributed by atoms with Crippen LogP contribution in [-0.4, -0.2) is 32.2 Å². The van der Waals surface area contributed by atoms with Gasteiger partial charge in [0.1, 0.15) is 0 Å². The fourth-order valence-electron chi connectivity index (χ4n) is 1.12. The van der Waals surface area contributed by atoms with Gasteiger partial charge in [0, 0.05) is 12.6 Å². The molecular formula is C9H20N2O2. The van der Waals surface area contributed by atoms with E-state index in [4.69, 9.17) is 5.73 Å². The molecule has 0 bridgehead atoms. The Bertz CT molecular complexity index is 149. The molecule has 0 rings (SSSR count). The summed E-state index contributed by atoms with van der Waals surface area (Å²) < 4.78 is 4.47. The normalized spacial score (nSPS) is 13.0. The van der Waals surface area contributed by atoms with Gasteiger partial charge in [-0.25, -0.2) is 0 Å². The molecule has 0 spiro atoms. The molecule has 0 aliphatic rings. The lowest BCUT2D eigenvalue weighted by Gasteiger charge is -2.13. The molecule has 0 amide bonds. The number of esters is 1. The number of hydrogen-bond acceptors (Lipinski definition) is 4. The van der Waals surface area contributed by atoms with E-state index in [1.54, 1.807) is 0 Å². The van der Waals surface area contributed by atoms with Crippen LogP contribution in [0.2, 0.25) is 0 Å². The van der Waals surface area contributed by atoms with E-state index < -0.39 is 0 Å². The molecular weight excluding hydrogens is 168 g/mol. The Balaban J connectivity index is 3.36. The molecule has 3 N–H and O–H groups in total. The van der Waals surface area contributed by atoms with Crippen LogP contribution in [0.1, 0.15) is 20.3 Å². The zero-order valence-electron chi connectivity index (χ0n) is 8.67. The lowest BCUT2D eigenvalue weighted by atomic mass is 10.0. The highest BCUT2D eigenvalue weighted by Crippen LogP contribution is 2.01. The van der Waals surface area contributed by atoms with Gasteiger partial charge in [0.2, 0.25) is 0 Å². The summed E-state index contributed by atoms with van der Waals surface area (Å²) in [6.45, 7) is 5.15. The van der Waals surface area contributed by atoms with Crippen LogP contribution >= 0.6 is 0 Å². The average Bonchev–Trinajstić information content (AvgIpc) is 2.02. The predicted molar refractivity (Wildman–Crippen MR) is 52.3 cm³/mol. The van der Waals surface area contributed by atoms with Crippen molar-refractivity contribution in [1.29, 1.82) is 0 Å². The summed E-state index contributed by atoms with van der Waals surface area (Å²) in [7, 11) is 1.37. The van der Waals surface area contributed by atoms with Gasteiger partial charge in [-0.1, -0.05) is 13.8 Å². The zero-order valence-corrected chi connectivity index (χ0v) is 8.67. The van der Waals surface area contributed by atoms with Crippen molar-refractivity contribution in [2.75, 3.05) is 20.2 Å². The van der Waals surface area contributed by atoms with E-state index in [0.717, 1.165) is 6.42 Å². The molecule has 0 unspecified atom stereocenters. The van der Waals surface area contributed by atoms with Crippen LogP contribution in [0.3, 0.4) is 0 Å². The fourth-order valence-corrected chi connectivity index (χ4v) is 1.12. The molecule has 0 aromatic rings. The summed E-state index contributed by atoms with van der Waals surface area (Å²) in [4.78, 5) is 10.7. The Morgan fingerprint density at radius 2 is 2.15 bits per heavy atom. The minimum absolute atomic E-state index is 0.115. The second kappa shape index (κ2) is 6.86. The first-order valence-corrected chi connectivity index (χ1v) is 4.59. The number of ether oxygens (including phenoxy) is 1. The Hall–Kier alpha value is -0.610. The maximum absolute atomic E-state index is 10.7. The number of nitrogens with two attached hydrogens (primary N) is 1. The molecule has 0 aliphatic carbocycles. The molecule has 0 saturated carbocycles. The number of carbonyl (C=O) groups excluding carboxylic acids is 1. The van der Waals surface area contributed by atoms with Crippen molar-refractivity contribution in [1.82, 2.24) is 5.32 Å². The van der Waals surface area contributed by atoms with E-state index >= 15 is 0 Å².